The number of likely N-dealkylation sites (N-methyl/N-ethyl adjacent to an activating group) is 1. The minimum absolute atomic E-state index is 0.383. The smallest absolute Gasteiger partial charge is 0.338 e. The number of carboxylic acids is 1. The minimum atomic E-state index is -0.880. The number of rotatable bonds is 8. The molecule has 0 radical (unpaired) electrons. The quantitative estimate of drug-likeness (QED) is 0.587. The van der Waals surface area contributed by atoms with E-state index in [1.807, 2.05) is 44.0 Å². The Labute approximate surface area is 118 Å². The van der Waals surface area contributed by atoms with Crippen molar-refractivity contribution in [1.82, 2.24) is 0 Å². The normalized spacial score (nSPS) is 10.5. The molecule has 0 saturated heterocycles. The second-order valence-electron chi connectivity index (χ2n) is 4.01. The summed E-state index contributed by atoms with van der Waals surface area (Å²) in [4.78, 5) is 14.2. The molecule has 0 amide bonds. The van der Waals surface area contributed by atoms with Gasteiger partial charge in [-0.25, -0.2) is 4.79 Å². The first kappa shape index (κ1) is 15.9. The molecule has 0 unspecified atom stereocenters. The summed E-state index contributed by atoms with van der Waals surface area (Å²) in [6.45, 7) is 5.90. The number of carboxylic acid groups (broad SMARTS) is 1. The fourth-order valence-corrected chi connectivity index (χ4v) is 2.62. The Hall–Kier alpha value is -1.20. The predicted molar refractivity (Wildman–Crippen MR) is 79.6 cm³/mol. The molecule has 0 spiro atoms. The van der Waals surface area contributed by atoms with Crippen molar-refractivity contribution in [3.63, 3.8) is 0 Å². The Balaban J connectivity index is 2.98. The van der Waals surface area contributed by atoms with Crippen molar-refractivity contribution in [3.8, 4) is 0 Å². The first-order valence-corrected chi connectivity index (χ1v) is 7.38. The van der Waals surface area contributed by atoms with Crippen LogP contribution >= 0.6 is 11.8 Å². The van der Waals surface area contributed by atoms with Crippen molar-refractivity contribution >= 4 is 23.4 Å². The minimum Gasteiger partial charge on any atom is -0.478 e. The molecule has 0 heterocycles. The molecule has 0 fully saturated rings. The van der Waals surface area contributed by atoms with Crippen LogP contribution in [0.3, 0.4) is 0 Å². The summed E-state index contributed by atoms with van der Waals surface area (Å²) in [5.41, 5.74) is 1.12. The average Bonchev–Trinajstić information content (AvgIpc) is 2.38. The zero-order chi connectivity index (χ0) is 14.3. The second kappa shape index (κ2) is 8.07. The zero-order valence-electron chi connectivity index (χ0n) is 11.7. The van der Waals surface area contributed by atoms with Gasteiger partial charge in [-0.15, -0.1) is 11.8 Å². The molecule has 0 aliphatic rings. The van der Waals surface area contributed by atoms with E-state index in [0.717, 1.165) is 16.3 Å². The molecular formula is C14H21NO3S. The van der Waals surface area contributed by atoms with Gasteiger partial charge in [-0.2, -0.15) is 0 Å². The van der Waals surface area contributed by atoms with Crippen molar-refractivity contribution in [2.45, 2.75) is 18.7 Å². The number of thioether (sulfide) groups is 1. The van der Waals surface area contributed by atoms with Crippen LogP contribution in [0.15, 0.2) is 23.1 Å². The van der Waals surface area contributed by atoms with E-state index in [2.05, 4.69) is 0 Å². The Kier molecular flexibility index (Phi) is 6.73. The Morgan fingerprint density at radius 1 is 1.42 bits per heavy atom. The largest absolute Gasteiger partial charge is 0.478 e. The van der Waals surface area contributed by atoms with Crippen molar-refractivity contribution < 1.29 is 14.6 Å². The SMILES string of the molecule is CCOCCN(C)c1cccc(SCC)c1C(=O)O. The maximum Gasteiger partial charge on any atom is 0.338 e. The lowest BCUT2D eigenvalue weighted by Gasteiger charge is -2.22. The van der Waals surface area contributed by atoms with E-state index in [-0.39, 0.29) is 0 Å². The molecule has 0 saturated carbocycles. The van der Waals surface area contributed by atoms with Gasteiger partial charge in [0.2, 0.25) is 0 Å². The van der Waals surface area contributed by atoms with Crippen LogP contribution < -0.4 is 4.90 Å². The Bertz CT molecular complexity index is 423. The molecule has 106 valence electrons. The monoisotopic (exact) mass is 283 g/mol. The highest BCUT2D eigenvalue weighted by Gasteiger charge is 2.17. The summed E-state index contributed by atoms with van der Waals surface area (Å²) >= 11 is 1.55. The van der Waals surface area contributed by atoms with Crippen molar-refractivity contribution in [1.29, 1.82) is 0 Å². The van der Waals surface area contributed by atoms with E-state index in [9.17, 15) is 9.90 Å². The van der Waals surface area contributed by atoms with Gasteiger partial charge in [0.1, 0.15) is 0 Å². The molecule has 1 rings (SSSR count). The Morgan fingerprint density at radius 2 is 2.16 bits per heavy atom. The van der Waals surface area contributed by atoms with Crippen LogP contribution in [0.4, 0.5) is 5.69 Å². The lowest BCUT2D eigenvalue weighted by Crippen LogP contribution is -2.24. The molecule has 19 heavy (non-hydrogen) atoms. The van der Waals surface area contributed by atoms with E-state index >= 15 is 0 Å². The molecule has 0 aliphatic heterocycles. The van der Waals surface area contributed by atoms with Gasteiger partial charge in [0, 0.05) is 25.1 Å². The molecule has 0 atom stereocenters. The van der Waals surface area contributed by atoms with Gasteiger partial charge in [0.15, 0.2) is 0 Å². The van der Waals surface area contributed by atoms with Crippen molar-refractivity contribution in [3.05, 3.63) is 23.8 Å². The molecule has 4 nitrogen and oxygen atoms in total. The van der Waals surface area contributed by atoms with Gasteiger partial charge in [-0.05, 0) is 24.8 Å². The highest BCUT2D eigenvalue weighted by Crippen LogP contribution is 2.30. The van der Waals surface area contributed by atoms with Crippen molar-refractivity contribution in [2.75, 3.05) is 37.5 Å². The van der Waals surface area contributed by atoms with Gasteiger partial charge in [-0.1, -0.05) is 13.0 Å². The van der Waals surface area contributed by atoms with Crippen LogP contribution in [0.25, 0.3) is 0 Å². The van der Waals surface area contributed by atoms with Crippen LogP contribution in [0.2, 0.25) is 0 Å². The zero-order valence-corrected chi connectivity index (χ0v) is 12.5. The van der Waals surface area contributed by atoms with Crippen LogP contribution in [-0.4, -0.2) is 43.6 Å². The Morgan fingerprint density at radius 3 is 2.74 bits per heavy atom. The number of ether oxygens (including phenoxy) is 1. The first-order chi connectivity index (χ1) is 9.11. The number of nitrogens with zero attached hydrogens (tertiary/aromatic N) is 1. The van der Waals surface area contributed by atoms with Crippen LogP contribution in [-0.2, 0) is 4.74 Å². The predicted octanol–water partition coefficient (Wildman–Crippen LogP) is 2.97. The standard InChI is InChI=1S/C14H21NO3S/c1-4-18-10-9-15(3)11-7-6-8-12(19-5-2)13(11)14(16)17/h6-8H,4-5,9-10H2,1-3H3,(H,16,17). The van der Waals surface area contributed by atoms with E-state index in [1.54, 1.807) is 11.8 Å². The van der Waals surface area contributed by atoms with Gasteiger partial charge in [0.25, 0.3) is 0 Å². The number of hydrogen-bond donors (Lipinski definition) is 1. The summed E-state index contributed by atoms with van der Waals surface area (Å²) in [5.74, 6) is -0.0262. The molecular weight excluding hydrogens is 262 g/mol. The van der Waals surface area contributed by atoms with Gasteiger partial charge < -0.3 is 14.7 Å². The number of aromatic carboxylic acids is 1. The lowest BCUT2D eigenvalue weighted by atomic mass is 10.1. The highest BCUT2D eigenvalue weighted by molar-refractivity contribution is 7.99. The molecule has 0 aliphatic carbocycles. The lowest BCUT2D eigenvalue weighted by molar-refractivity contribution is 0.0693. The van der Waals surface area contributed by atoms with Crippen molar-refractivity contribution in [2.24, 2.45) is 0 Å². The maximum atomic E-state index is 11.5. The average molecular weight is 283 g/mol. The van der Waals surface area contributed by atoms with Crippen LogP contribution in [0, 0.1) is 0 Å². The van der Waals surface area contributed by atoms with E-state index in [1.165, 1.54) is 0 Å². The van der Waals surface area contributed by atoms with Crippen LogP contribution in [0.5, 0.6) is 0 Å². The molecule has 0 aromatic heterocycles. The number of benzene rings is 1. The molecule has 1 N–H and O–H groups in total. The fraction of sp³-hybridized carbons (Fsp3) is 0.500. The van der Waals surface area contributed by atoms with E-state index < -0.39 is 5.97 Å². The second-order valence-corrected chi connectivity index (χ2v) is 5.31. The third kappa shape index (κ3) is 4.44. The number of carbonyl (C=O) groups is 1. The molecule has 5 heteroatoms. The third-order valence-corrected chi connectivity index (χ3v) is 3.64. The number of hydrogen-bond acceptors (Lipinski definition) is 4. The maximum absolute atomic E-state index is 11.5. The van der Waals surface area contributed by atoms with E-state index in [4.69, 9.17) is 4.74 Å². The van der Waals surface area contributed by atoms with Gasteiger partial charge in [0.05, 0.1) is 17.9 Å². The summed E-state index contributed by atoms with van der Waals surface area (Å²) in [5, 5.41) is 9.42. The summed E-state index contributed by atoms with van der Waals surface area (Å²) in [6.07, 6.45) is 0. The van der Waals surface area contributed by atoms with Gasteiger partial charge >= 0.3 is 5.97 Å². The first-order valence-electron chi connectivity index (χ1n) is 6.39. The third-order valence-electron chi connectivity index (χ3n) is 2.70. The highest BCUT2D eigenvalue weighted by atomic mass is 32.2. The molecule has 0 bridgehead atoms. The van der Waals surface area contributed by atoms with Gasteiger partial charge in [-0.3, -0.25) is 0 Å². The molecule has 1 aromatic carbocycles. The summed E-state index contributed by atoms with van der Waals surface area (Å²) in [7, 11) is 1.89. The summed E-state index contributed by atoms with van der Waals surface area (Å²) in [6, 6.07) is 5.60. The fourth-order valence-electron chi connectivity index (χ4n) is 1.79. The topological polar surface area (TPSA) is 49.8 Å². The van der Waals surface area contributed by atoms with Crippen LogP contribution in [0.1, 0.15) is 24.2 Å². The summed E-state index contributed by atoms with van der Waals surface area (Å²) < 4.78 is 5.31. The molecule has 1 aromatic rings. The van der Waals surface area contributed by atoms with E-state index in [0.29, 0.717) is 25.3 Å². The number of anilines is 1.